The molecular weight excluding hydrogens is 388 g/mol. The number of piperidine rings is 1. The lowest BCUT2D eigenvalue weighted by Crippen LogP contribution is -2.36. The number of rotatable bonds is 10. The summed E-state index contributed by atoms with van der Waals surface area (Å²) in [5, 5.41) is 3.03. The van der Waals surface area contributed by atoms with Crippen LogP contribution in [0.15, 0.2) is 54.6 Å². The average Bonchev–Trinajstić information content (AvgIpc) is 2.82. The molecule has 0 unspecified atom stereocenters. The summed E-state index contributed by atoms with van der Waals surface area (Å²) in [6.45, 7) is 3.64. The van der Waals surface area contributed by atoms with Crippen molar-refractivity contribution in [2.75, 3.05) is 33.9 Å². The third kappa shape index (κ3) is 7.44. The highest BCUT2D eigenvalue weighted by molar-refractivity contribution is 5.75. The van der Waals surface area contributed by atoms with Crippen LogP contribution in [0.3, 0.4) is 0 Å². The minimum atomic E-state index is 0.0963. The maximum Gasteiger partial charge on any atom is 0.220 e. The predicted octanol–water partition coefficient (Wildman–Crippen LogP) is 4.53. The number of likely N-dealkylation sites (tertiary alicyclic amines) is 1. The predicted molar refractivity (Wildman–Crippen MR) is 125 cm³/mol. The monoisotopic (exact) mass is 422 g/mol. The van der Waals surface area contributed by atoms with Gasteiger partial charge in [-0.3, -0.25) is 9.69 Å². The number of ether oxygens (including phenoxy) is 2. The summed E-state index contributed by atoms with van der Waals surface area (Å²) in [7, 11) is 3.26. The van der Waals surface area contributed by atoms with Gasteiger partial charge in [-0.15, -0.1) is 0 Å². The first-order chi connectivity index (χ1) is 15.2. The molecule has 1 aliphatic rings. The van der Waals surface area contributed by atoms with Gasteiger partial charge in [-0.1, -0.05) is 42.5 Å². The summed E-state index contributed by atoms with van der Waals surface area (Å²) in [5.41, 5.74) is 2.19. The van der Waals surface area contributed by atoms with Gasteiger partial charge in [-0.05, 0) is 49.4 Å². The van der Waals surface area contributed by atoms with Crippen molar-refractivity contribution in [2.45, 2.75) is 32.2 Å². The lowest BCUT2D eigenvalue weighted by molar-refractivity contribution is -0.121. The highest BCUT2D eigenvalue weighted by atomic mass is 16.5. The molecule has 0 spiro atoms. The van der Waals surface area contributed by atoms with Crippen molar-refractivity contribution in [3.8, 4) is 11.5 Å². The molecule has 0 saturated carbocycles. The zero-order valence-electron chi connectivity index (χ0n) is 18.7. The Labute approximate surface area is 186 Å². The molecule has 31 heavy (non-hydrogen) atoms. The van der Waals surface area contributed by atoms with Crippen molar-refractivity contribution in [1.29, 1.82) is 0 Å². The Balaban J connectivity index is 1.39. The minimum absolute atomic E-state index is 0.0963. The number of carbonyl (C=O) groups is 1. The van der Waals surface area contributed by atoms with E-state index in [0.717, 1.165) is 43.1 Å². The zero-order valence-corrected chi connectivity index (χ0v) is 18.7. The van der Waals surface area contributed by atoms with Crippen LogP contribution in [0.5, 0.6) is 11.5 Å². The number of amides is 1. The number of nitrogens with one attached hydrogen (secondary N) is 1. The lowest BCUT2D eigenvalue weighted by Gasteiger charge is -2.31. The molecule has 1 N–H and O–H groups in total. The lowest BCUT2D eigenvalue weighted by atomic mass is 9.93. The van der Waals surface area contributed by atoms with Crippen LogP contribution in [-0.4, -0.2) is 44.7 Å². The van der Waals surface area contributed by atoms with Gasteiger partial charge >= 0.3 is 0 Å². The van der Waals surface area contributed by atoms with Crippen molar-refractivity contribution < 1.29 is 14.3 Å². The fourth-order valence-corrected chi connectivity index (χ4v) is 4.07. The van der Waals surface area contributed by atoms with Crippen LogP contribution in [0, 0.1) is 5.92 Å². The summed E-state index contributed by atoms with van der Waals surface area (Å²) >= 11 is 0. The number of benzene rings is 2. The van der Waals surface area contributed by atoms with Gasteiger partial charge in [0.2, 0.25) is 5.91 Å². The molecule has 1 atom stereocenters. The van der Waals surface area contributed by atoms with Crippen LogP contribution >= 0.6 is 0 Å². The second kappa shape index (κ2) is 12.2. The molecule has 1 aliphatic heterocycles. The Kier molecular flexibility index (Phi) is 8.98. The van der Waals surface area contributed by atoms with E-state index >= 15 is 0 Å². The molecule has 166 valence electrons. The molecule has 5 heteroatoms. The molecule has 2 aromatic carbocycles. The Hall–Kier alpha value is -2.79. The van der Waals surface area contributed by atoms with Gasteiger partial charge in [0.1, 0.15) is 11.5 Å². The van der Waals surface area contributed by atoms with Crippen LogP contribution in [-0.2, 0) is 11.3 Å². The molecule has 0 bridgehead atoms. The molecule has 0 radical (unpaired) electrons. The van der Waals surface area contributed by atoms with Crippen LogP contribution in [0.2, 0.25) is 0 Å². The van der Waals surface area contributed by atoms with E-state index in [1.54, 1.807) is 14.2 Å². The molecular formula is C26H34N2O3. The van der Waals surface area contributed by atoms with Gasteiger partial charge in [-0.2, -0.15) is 0 Å². The summed E-state index contributed by atoms with van der Waals surface area (Å²) in [6, 6.07) is 16.1. The number of nitrogens with zero attached hydrogens (tertiary/aromatic N) is 1. The molecule has 1 saturated heterocycles. The minimum Gasteiger partial charge on any atom is -0.497 e. The second-order valence-electron chi connectivity index (χ2n) is 8.07. The normalized spacial score (nSPS) is 16.9. The molecule has 0 aromatic heterocycles. The van der Waals surface area contributed by atoms with Gasteiger partial charge < -0.3 is 14.8 Å². The van der Waals surface area contributed by atoms with E-state index in [2.05, 4.69) is 46.6 Å². The zero-order chi connectivity index (χ0) is 21.9. The Morgan fingerprint density at radius 3 is 2.77 bits per heavy atom. The van der Waals surface area contributed by atoms with Crippen LogP contribution in [0.4, 0.5) is 0 Å². The van der Waals surface area contributed by atoms with Crippen molar-refractivity contribution in [3.05, 3.63) is 65.7 Å². The number of carbonyl (C=O) groups excluding carboxylic acids is 1. The SMILES string of the molecule is COc1ccc(CNC(=O)CC[C@@H]2CCCN(C/C=C/c3ccccc3)C2)c(OC)c1. The topological polar surface area (TPSA) is 50.8 Å². The Morgan fingerprint density at radius 2 is 2.00 bits per heavy atom. The first-order valence-corrected chi connectivity index (χ1v) is 11.1. The van der Waals surface area contributed by atoms with E-state index in [9.17, 15) is 4.79 Å². The van der Waals surface area contributed by atoms with Crippen molar-refractivity contribution in [1.82, 2.24) is 10.2 Å². The summed E-state index contributed by atoms with van der Waals surface area (Å²) < 4.78 is 10.6. The van der Waals surface area contributed by atoms with Gasteiger partial charge in [0, 0.05) is 37.7 Å². The van der Waals surface area contributed by atoms with E-state index < -0.39 is 0 Å². The fourth-order valence-electron chi connectivity index (χ4n) is 4.07. The quantitative estimate of drug-likeness (QED) is 0.611. The molecule has 1 fully saturated rings. The standard InChI is InChI=1S/C26H34N2O3/c1-30-24-14-13-23(25(18-24)31-2)19-27-26(29)15-12-22-11-7-17-28(20-22)16-6-10-21-8-4-3-5-9-21/h3-6,8-10,13-14,18,22H,7,11-12,15-17,19-20H2,1-2H3,(H,27,29)/b10-6+/t22-/m0/s1. The summed E-state index contributed by atoms with van der Waals surface area (Å²) in [5.74, 6) is 2.15. The first kappa shape index (κ1) is 22.9. The van der Waals surface area contributed by atoms with Crippen LogP contribution < -0.4 is 14.8 Å². The molecule has 5 nitrogen and oxygen atoms in total. The average molecular weight is 423 g/mol. The van der Waals surface area contributed by atoms with E-state index in [4.69, 9.17) is 9.47 Å². The maximum atomic E-state index is 12.4. The van der Waals surface area contributed by atoms with E-state index in [1.165, 1.54) is 18.4 Å². The third-order valence-corrected chi connectivity index (χ3v) is 5.83. The van der Waals surface area contributed by atoms with Crippen molar-refractivity contribution in [3.63, 3.8) is 0 Å². The van der Waals surface area contributed by atoms with Gasteiger partial charge in [0.05, 0.1) is 14.2 Å². The molecule has 3 rings (SSSR count). The highest BCUT2D eigenvalue weighted by Crippen LogP contribution is 2.25. The van der Waals surface area contributed by atoms with E-state index in [0.29, 0.717) is 18.9 Å². The Morgan fingerprint density at radius 1 is 1.16 bits per heavy atom. The largest absolute Gasteiger partial charge is 0.497 e. The first-order valence-electron chi connectivity index (χ1n) is 11.1. The molecule has 2 aromatic rings. The highest BCUT2D eigenvalue weighted by Gasteiger charge is 2.20. The molecule has 0 aliphatic carbocycles. The van der Waals surface area contributed by atoms with Gasteiger partial charge in [0.15, 0.2) is 0 Å². The fraction of sp³-hybridized carbons (Fsp3) is 0.423. The van der Waals surface area contributed by atoms with Gasteiger partial charge in [-0.25, -0.2) is 0 Å². The summed E-state index contributed by atoms with van der Waals surface area (Å²) in [6.07, 6.45) is 8.34. The number of hydrogen-bond acceptors (Lipinski definition) is 4. The third-order valence-electron chi connectivity index (χ3n) is 5.83. The smallest absolute Gasteiger partial charge is 0.220 e. The van der Waals surface area contributed by atoms with E-state index in [1.807, 2.05) is 24.3 Å². The maximum absolute atomic E-state index is 12.4. The van der Waals surface area contributed by atoms with Crippen LogP contribution in [0.25, 0.3) is 6.08 Å². The number of hydrogen-bond donors (Lipinski definition) is 1. The van der Waals surface area contributed by atoms with E-state index in [-0.39, 0.29) is 5.91 Å². The molecule has 1 heterocycles. The molecule has 1 amide bonds. The van der Waals surface area contributed by atoms with Gasteiger partial charge in [0.25, 0.3) is 0 Å². The number of methoxy groups -OCH3 is 2. The van der Waals surface area contributed by atoms with Crippen molar-refractivity contribution >= 4 is 12.0 Å². The van der Waals surface area contributed by atoms with Crippen LogP contribution in [0.1, 0.15) is 36.8 Å². The Bertz CT molecular complexity index is 851. The van der Waals surface area contributed by atoms with Crippen molar-refractivity contribution in [2.24, 2.45) is 5.92 Å². The summed E-state index contributed by atoms with van der Waals surface area (Å²) in [4.78, 5) is 14.9. The second-order valence-corrected chi connectivity index (χ2v) is 8.07.